The van der Waals surface area contributed by atoms with Crippen molar-refractivity contribution in [1.82, 2.24) is 10.2 Å². The van der Waals surface area contributed by atoms with E-state index in [-0.39, 0.29) is 18.4 Å². The number of carbonyl (C=O) groups is 2. The smallest absolute Gasteiger partial charge is 0.317 e. The van der Waals surface area contributed by atoms with Crippen LogP contribution in [-0.4, -0.2) is 41.1 Å². The summed E-state index contributed by atoms with van der Waals surface area (Å²) in [5, 5.41) is 11.5. The Morgan fingerprint density at radius 1 is 1.32 bits per heavy atom. The van der Waals surface area contributed by atoms with Crippen molar-refractivity contribution in [3.8, 4) is 0 Å². The number of carboxylic acid groups (broad SMARTS) is 1. The average molecular weight is 270 g/mol. The predicted octanol–water partition coefficient (Wildman–Crippen LogP) is 2.32. The monoisotopic (exact) mass is 270 g/mol. The van der Waals surface area contributed by atoms with Crippen molar-refractivity contribution in [1.29, 1.82) is 0 Å². The summed E-state index contributed by atoms with van der Waals surface area (Å²) < 4.78 is 0. The number of rotatable bonds is 8. The average Bonchev–Trinajstić information content (AvgIpc) is 3.09. The molecule has 19 heavy (non-hydrogen) atoms. The number of nitrogens with zero attached hydrogens (tertiary/aromatic N) is 1. The van der Waals surface area contributed by atoms with Gasteiger partial charge in [-0.1, -0.05) is 20.8 Å². The molecule has 1 aliphatic carbocycles. The number of urea groups is 1. The molecule has 2 amide bonds. The van der Waals surface area contributed by atoms with Crippen LogP contribution in [0.25, 0.3) is 0 Å². The van der Waals surface area contributed by atoms with Gasteiger partial charge in [-0.05, 0) is 31.1 Å². The van der Waals surface area contributed by atoms with E-state index < -0.39 is 5.97 Å². The van der Waals surface area contributed by atoms with Crippen molar-refractivity contribution in [3.05, 3.63) is 0 Å². The van der Waals surface area contributed by atoms with E-state index in [1.54, 1.807) is 0 Å². The summed E-state index contributed by atoms with van der Waals surface area (Å²) >= 11 is 0. The van der Waals surface area contributed by atoms with Crippen LogP contribution >= 0.6 is 0 Å². The van der Waals surface area contributed by atoms with Crippen molar-refractivity contribution in [2.45, 2.75) is 52.5 Å². The zero-order valence-corrected chi connectivity index (χ0v) is 12.2. The maximum atomic E-state index is 12.1. The third-order valence-electron chi connectivity index (χ3n) is 3.32. The Morgan fingerprint density at radius 2 is 1.95 bits per heavy atom. The number of nitrogens with one attached hydrogen (secondary N) is 1. The molecule has 1 fully saturated rings. The van der Waals surface area contributed by atoms with Gasteiger partial charge >= 0.3 is 12.0 Å². The third-order valence-corrected chi connectivity index (χ3v) is 3.32. The molecule has 1 saturated carbocycles. The van der Waals surface area contributed by atoms with E-state index in [9.17, 15) is 9.59 Å². The van der Waals surface area contributed by atoms with Crippen LogP contribution < -0.4 is 5.32 Å². The largest absolute Gasteiger partial charge is 0.481 e. The quantitative estimate of drug-likeness (QED) is 0.711. The lowest BCUT2D eigenvalue weighted by atomic mass is 10.1. The van der Waals surface area contributed by atoms with E-state index >= 15 is 0 Å². The molecule has 0 saturated heterocycles. The van der Waals surface area contributed by atoms with Crippen LogP contribution in [0.3, 0.4) is 0 Å². The van der Waals surface area contributed by atoms with Crippen molar-refractivity contribution >= 4 is 12.0 Å². The molecule has 0 aliphatic heterocycles. The molecule has 0 bridgehead atoms. The van der Waals surface area contributed by atoms with Crippen molar-refractivity contribution in [2.75, 3.05) is 13.1 Å². The van der Waals surface area contributed by atoms with Gasteiger partial charge in [-0.2, -0.15) is 0 Å². The summed E-state index contributed by atoms with van der Waals surface area (Å²) in [7, 11) is 0. The van der Waals surface area contributed by atoms with E-state index in [4.69, 9.17) is 5.11 Å². The van der Waals surface area contributed by atoms with Gasteiger partial charge in [0, 0.05) is 25.6 Å². The Balaban J connectivity index is 2.33. The fourth-order valence-electron chi connectivity index (χ4n) is 1.97. The summed E-state index contributed by atoms with van der Waals surface area (Å²) in [6, 6.07) is 0.355. The lowest BCUT2D eigenvalue weighted by Gasteiger charge is -2.24. The van der Waals surface area contributed by atoms with Crippen LogP contribution in [0.2, 0.25) is 0 Å². The molecule has 1 rings (SSSR count). The van der Waals surface area contributed by atoms with Gasteiger partial charge in [0.15, 0.2) is 0 Å². The molecule has 0 spiro atoms. The lowest BCUT2D eigenvalue weighted by molar-refractivity contribution is -0.137. The first-order chi connectivity index (χ1) is 8.90. The molecule has 0 radical (unpaired) electrons. The van der Waals surface area contributed by atoms with Crippen LogP contribution in [0, 0.1) is 11.8 Å². The van der Waals surface area contributed by atoms with Gasteiger partial charge in [-0.15, -0.1) is 0 Å². The van der Waals surface area contributed by atoms with Gasteiger partial charge < -0.3 is 15.3 Å². The number of aliphatic carboxylic acids is 1. The second kappa shape index (κ2) is 7.36. The molecular formula is C14H26N2O3. The maximum Gasteiger partial charge on any atom is 0.317 e. The molecule has 1 unspecified atom stereocenters. The molecular weight excluding hydrogens is 244 g/mol. The highest BCUT2D eigenvalue weighted by atomic mass is 16.4. The van der Waals surface area contributed by atoms with Crippen LogP contribution in [0.4, 0.5) is 4.79 Å². The first-order valence-corrected chi connectivity index (χ1v) is 7.16. The number of hydrogen-bond donors (Lipinski definition) is 2. The third kappa shape index (κ3) is 6.45. The van der Waals surface area contributed by atoms with Crippen LogP contribution in [-0.2, 0) is 4.79 Å². The lowest BCUT2D eigenvalue weighted by Crippen LogP contribution is -2.43. The van der Waals surface area contributed by atoms with E-state index in [0.29, 0.717) is 18.5 Å². The topological polar surface area (TPSA) is 69.6 Å². The van der Waals surface area contributed by atoms with Crippen molar-refractivity contribution < 1.29 is 14.7 Å². The normalized spacial score (nSPS) is 16.2. The van der Waals surface area contributed by atoms with Gasteiger partial charge in [0.05, 0.1) is 0 Å². The summed E-state index contributed by atoms with van der Waals surface area (Å²) in [6.07, 6.45) is 3.29. The highest BCUT2D eigenvalue weighted by molar-refractivity contribution is 5.75. The van der Waals surface area contributed by atoms with E-state index in [2.05, 4.69) is 19.2 Å². The molecule has 5 heteroatoms. The molecule has 5 nitrogen and oxygen atoms in total. The second-order valence-electron chi connectivity index (χ2n) is 6.00. The van der Waals surface area contributed by atoms with Gasteiger partial charge in [0.2, 0.25) is 0 Å². The number of carbonyl (C=O) groups excluding carboxylic acids is 1. The first-order valence-electron chi connectivity index (χ1n) is 7.16. The summed E-state index contributed by atoms with van der Waals surface area (Å²) in [4.78, 5) is 24.6. The van der Waals surface area contributed by atoms with E-state index in [0.717, 1.165) is 25.8 Å². The Kier molecular flexibility index (Phi) is 6.12. The van der Waals surface area contributed by atoms with Crippen molar-refractivity contribution in [2.24, 2.45) is 11.8 Å². The molecule has 0 aromatic heterocycles. The van der Waals surface area contributed by atoms with Crippen LogP contribution in [0.1, 0.15) is 46.5 Å². The standard InChI is InChI=1S/C14H26N2O3/c1-10(2)6-7-16(12-4-5-12)14(19)15-9-11(3)8-13(17)18/h10-12H,4-9H2,1-3H3,(H,15,19)(H,17,18). The fourth-order valence-corrected chi connectivity index (χ4v) is 1.97. The highest BCUT2D eigenvalue weighted by Gasteiger charge is 2.32. The van der Waals surface area contributed by atoms with Gasteiger partial charge in [-0.25, -0.2) is 4.79 Å². The van der Waals surface area contributed by atoms with E-state index in [1.165, 1.54) is 0 Å². The minimum absolute atomic E-state index is 0.0346. The predicted molar refractivity (Wildman–Crippen MR) is 74.0 cm³/mol. The Labute approximate surface area is 115 Å². The van der Waals surface area contributed by atoms with Gasteiger partial charge in [0.25, 0.3) is 0 Å². The summed E-state index contributed by atoms with van der Waals surface area (Å²) in [6.45, 7) is 7.36. The minimum atomic E-state index is -0.819. The number of carboxylic acids is 1. The van der Waals surface area contributed by atoms with Crippen LogP contribution in [0.15, 0.2) is 0 Å². The SMILES string of the molecule is CC(C)CCN(C(=O)NCC(C)CC(=O)O)C1CC1. The Hall–Kier alpha value is -1.26. The van der Waals surface area contributed by atoms with Gasteiger partial charge in [0.1, 0.15) is 0 Å². The molecule has 0 aromatic carbocycles. The number of hydrogen-bond acceptors (Lipinski definition) is 2. The maximum absolute atomic E-state index is 12.1. The molecule has 0 aromatic rings. The van der Waals surface area contributed by atoms with Gasteiger partial charge in [-0.3, -0.25) is 4.79 Å². The molecule has 1 atom stereocenters. The van der Waals surface area contributed by atoms with E-state index in [1.807, 2.05) is 11.8 Å². The number of amides is 2. The highest BCUT2D eigenvalue weighted by Crippen LogP contribution is 2.27. The first kappa shape index (κ1) is 15.8. The second-order valence-corrected chi connectivity index (χ2v) is 6.00. The van der Waals surface area contributed by atoms with Crippen molar-refractivity contribution in [3.63, 3.8) is 0 Å². The molecule has 110 valence electrons. The van der Waals surface area contributed by atoms with Crippen LogP contribution in [0.5, 0.6) is 0 Å². The fraction of sp³-hybridized carbons (Fsp3) is 0.857. The molecule has 2 N–H and O–H groups in total. The summed E-state index contributed by atoms with van der Waals surface area (Å²) in [5.74, 6) is -0.270. The Morgan fingerprint density at radius 3 is 2.42 bits per heavy atom. The molecule has 0 heterocycles. The zero-order valence-electron chi connectivity index (χ0n) is 12.2. The minimum Gasteiger partial charge on any atom is -0.481 e. The summed E-state index contributed by atoms with van der Waals surface area (Å²) in [5.41, 5.74) is 0. The Bertz CT molecular complexity index is 314. The molecule has 1 aliphatic rings. The zero-order chi connectivity index (χ0) is 14.4.